The van der Waals surface area contributed by atoms with Gasteiger partial charge in [0.05, 0.1) is 22.8 Å². The van der Waals surface area contributed by atoms with Gasteiger partial charge in [-0.25, -0.2) is 4.98 Å². The van der Waals surface area contributed by atoms with Crippen molar-refractivity contribution in [3.63, 3.8) is 0 Å². The number of fused-ring (bicyclic) bond motifs is 1. The van der Waals surface area contributed by atoms with Gasteiger partial charge < -0.3 is 10.1 Å². The number of benzene rings is 1. The van der Waals surface area contributed by atoms with Crippen molar-refractivity contribution in [2.45, 2.75) is 0 Å². The smallest absolute Gasteiger partial charge is 0.300 e. The molecule has 2 rings (SSSR count). The van der Waals surface area contributed by atoms with Crippen LogP contribution >= 0.6 is 0 Å². The minimum Gasteiger partial charge on any atom is -0.508 e. The summed E-state index contributed by atoms with van der Waals surface area (Å²) in [4.78, 5) is 16.4. The maximum Gasteiger partial charge on any atom is 0.300 e. The molecule has 2 N–H and O–H groups in total. The molecule has 0 saturated heterocycles. The molecule has 1 heterocycles. The second kappa shape index (κ2) is 2.44. The Balaban J connectivity index is 2.84. The molecule has 0 aliphatic carbocycles. The van der Waals surface area contributed by atoms with Crippen molar-refractivity contribution in [2.75, 3.05) is 0 Å². The van der Waals surface area contributed by atoms with Gasteiger partial charge in [-0.05, 0) is 0 Å². The van der Waals surface area contributed by atoms with Crippen LogP contribution in [0.2, 0.25) is 0 Å². The maximum absolute atomic E-state index is 10.5. The minimum atomic E-state index is -0.580. The van der Waals surface area contributed by atoms with E-state index >= 15 is 0 Å². The predicted octanol–water partition coefficient (Wildman–Crippen LogP) is 1.18. The summed E-state index contributed by atoms with van der Waals surface area (Å²) in [6.45, 7) is 0. The number of nitro benzene ring substituents is 1. The molecular weight excluding hydrogens is 174 g/mol. The SMILES string of the molecule is O=[N+]([O-])c1cc(O)cc2[nH]cnc12. The first-order valence-corrected chi connectivity index (χ1v) is 3.49. The quantitative estimate of drug-likeness (QED) is 0.507. The van der Waals surface area contributed by atoms with Gasteiger partial charge in [0.2, 0.25) is 0 Å². The van der Waals surface area contributed by atoms with E-state index in [1.54, 1.807) is 0 Å². The van der Waals surface area contributed by atoms with E-state index in [2.05, 4.69) is 9.97 Å². The van der Waals surface area contributed by atoms with Gasteiger partial charge in [0.15, 0.2) is 5.52 Å². The lowest BCUT2D eigenvalue weighted by Gasteiger charge is -1.94. The van der Waals surface area contributed by atoms with E-state index in [0.29, 0.717) is 5.52 Å². The first-order valence-electron chi connectivity index (χ1n) is 3.49. The van der Waals surface area contributed by atoms with Crippen LogP contribution in [0.5, 0.6) is 5.75 Å². The van der Waals surface area contributed by atoms with Gasteiger partial charge in [-0.1, -0.05) is 0 Å². The average Bonchev–Trinajstić information content (AvgIpc) is 2.49. The minimum absolute atomic E-state index is 0.150. The zero-order chi connectivity index (χ0) is 9.42. The van der Waals surface area contributed by atoms with Crippen LogP contribution < -0.4 is 0 Å². The number of hydrogen-bond acceptors (Lipinski definition) is 4. The molecule has 6 heteroatoms. The average molecular weight is 179 g/mol. The highest BCUT2D eigenvalue weighted by molar-refractivity contribution is 5.85. The molecule has 0 atom stereocenters. The molecule has 0 spiro atoms. The Hall–Kier alpha value is -2.11. The fourth-order valence-electron chi connectivity index (χ4n) is 1.16. The molecule has 0 saturated carbocycles. The highest BCUT2D eigenvalue weighted by atomic mass is 16.6. The summed E-state index contributed by atoms with van der Waals surface area (Å²) in [6, 6.07) is 2.46. The Kier molecular flexibility index (Phi) is 1.42. The first-order chi connectivity index (χ1) is 6.18. The van der Waals surface area contributed by atoms with Crippen molar-refractivity contribution in [1.82, 2.24) is 9.97 Å². The summed E-state index contributed by atoms with van der Waals surface area (Å²) in [5, 5.41) is 19.6. The zero-order valence-corrected chi connectivity index (χ0v) is 6.39. The molecule has 0 bridgehead atoms. The van der Waals surface area contributed by atoms with Crippen LogP contribution in [0.4, 0.5) is 5.69 Å². The molecule has 13 heavy (non-hydrogen) atoms. The molecule has 6 nitrogen and oxygen atoms in total. The van der Waals surface area contributed by atoms with Gasteiger partial charge in [0, 0.05) is 6.07 Å². The number of non-ortho nitro benzene ring substituents is 1. The zero-order valence-electron chi connectivity index (χ0n) is 6.39. The van der Waals surface area contributed by atoms with Gasteiger partial charge in [-0.15, -0.1) is 0 Å². The number of imidazole rings is 1. The van der Waals surface area contributed by atoms with Crippen molar-refractivity contribution >= 4 is 16.7 Å². The van der Waals surface area contributed by atoms with E-state index in [-0.39, 0.29) is 17.0 Å². The maximum atomic E-state index is 10.5. The number of aromatic amines is 1. The van der Waals surface area contributed by atoms with Gasteiger partial charge in [-0.3, -0.25) is 10.1 Å². The topological polar surface area (TPSA) is 92.0 Å². The summed E-state index contributed by atoms with van der Waals surface area (Å²) in [5.41, 5.74) is 0.505. The largest absolute Gasteiger partial charge is 0.508 e. The number of phenolic OH excluding ortho intramolecular Hbond substituents is 1. The third kappa shape index (κ3) is 1.08. The van der Waals surface area contributed by atoms with Crippen molar-refractivity contribution in [2.24, 2.45) is 0 Å². The lowest BCUT2D eigenvalue weighted by molar-refractivity contribution is -0.383. The molecule has 0 amide bonds. The van der Waals surface area contributed by atoms with Gasteiger partial charge in [0.25, 0.3) is 0 Å². The number of nitro groups is 1. The van der Waals surface area contributed by atoms with Crippen LogP contribution in [0.25, 0.3) is 11.0 Å². The molecule has 1 aromatic carbocycles. The van der Waals surface area contributed by atoms with Crippen LogP contribution in [-0.4, -0.2) is 20.0 Å². The van der Waals surface area contributed by atoms with Gasteiger partial charge in [-0.2, -0.15) is 0 Å². The predicted molar refractivity (Wildman–Crippen MR) is 44.4 cm³/mol. The van der Waals surface area contributed by atoms with E-state index in [0.717, 1.165) is 6.07 Å². The van der Waals surface area contributed by atoms with E-state index in [9.17, 15) is 10.1 Å². The fourth-order valence-corrected chi connectivity index (χ4v) is 1.16. The lowest BCUT2D eigenvalue weighted by atomic mass is 10.2. The Bertz CT molecular complexity index is 477. The number of aromatic nitrogens is 2. The number of H-pyrrole nitrogens is 1. The molecular formula is C7H5N3O3. The normalized spacial score (nSPS) is 10.5. The molecule has 0 fully saturated rings. The lowest BCUT2D eigenvalue weighted by Crippen LogP contribution is -1.88. The van der Waals surface area contributed by atoms with Crippen LogP contribution in [-0.2, 0) is 0 Å². The summed E-state index contributed by atoms with van der Waals surface area (Å²) >= 11 is 0. The molecule has 0 aliphatic rings. The number of nitrogens with one attached hydrogen (secondary N) is 1. The van der Waals surface area contributed by atoms with E-state index in [4.69, 9.17) is 5.11 Å². The molecule has 0 unspecified atom stereocenters. The summed E-state index contributed by atoms with van der Waals surface area (Å²) < 4.78 is 0. The van der Waals surface area contributed by atoms with Crippen LogP contribution in [0, 0.1) is 10.1 Å². The fraction of sp³-hybridized carbons (Fsp3) is 0. The standard InChI is InChI=1S/C7H5N3O3/c11-4-1-5-7(9-3-8-5)6(2-4)10(12)13/h1-3,11H,(H,8,9). The van der Waals surface area contributed by atoms with Crippen LogP contribution in [0.15, 0.2) is 18.5 Å². The highest BCUT2D eigenvalue weighted by Crippen LogP contribution is 2.27. The van der Waals surface area contributed by atoms with Gasteiger partial charge in [0.1, 0.15) is 5.75 Å². The van der Waals surface area contributed by atoms with Crippen molar-refractivity contribution in [3.8, 4) is 5.75 Å². The van der Waals surface area contributed by atoms with Crippen LogP contribution in [0.3, 0.4) is 0 Å². The monoisotopic (exact) mass is 179 g/mol. The Labute approximate surface area is 72.0 Å². The number of hydrogen-bond donors (Lipinski definition) is 2. The van der Waals surface area contributed by atoms with E-state index in [1.165, 1.54) is 12.4 Å². The molecule has 1 aromatic heterocycles. The van der Waals surface area contributed by atoms with E-state index < -0.39 is 4.92 Å². The third-order valence-corrected chi connectivity index (χ3v) is 1.68. The second-order valence-electron chi connectivity index (χ2n) is 2.52. The first kappa shape index (κ1) is 7.53. The van der Waals surface area contributed by atoms with Crippen LogP contribution in [0.1, 0.15) is 0 Å². The molecule has 0 radical (unpaired) electrons. The second-order valence-corrected chi connectivity index (χ2v) is 2.52. The number of nitrogens with zero attached hydrogens (tertiary/aromatic N) is 2. The van der Waals surface area contributed by atoms with Crippen molar-refractivity contribution < 1.29 is 10.0 Å². The summed E-state index contributed by atoms with van der Waals surface area (Å²) in [6.07, 6.45) is 1.34. The number of aromatic hydroxyl groups is 1. The van der Waals surface area contributed by atoms with Gasteiger partial charge >= 0.3 is 5.69 Å². The highest BCUT2D eigenvalue weighted by Gasteiger charge is 2.15. The third-order valence-electron chi connectivity index (χ3n) is 1.68. The summed E-state index contributed by atoms with van der Waals surface area (Å²) in [7, 11) is 0. The Morgan fingerprint density at radius 1 is 1.54 bits per heavy atom. The number of phenols is 1. The Morgan fingerprint density at radius 3 is 3.00 bits per heavy atom. The Morgan fingerprint density at radius 2 is 2.31 bits per heavy atom. The molecule has 2 aromatic rings. The molecule has 0 aliphatic heterocycles. The summed E-state index contributed by atoms with van der Waals surface area (Å²) in [5.74, 6) is -0.150. The van der Waals surface area contributed by atoms with Crippen molar-refractivity contribution in [1.29, 1.82) is 0 Å². The number of rotatable bonds is 1. The molecule has 66 valence electrons. The van der Waals surface area contributed by atoms with Crippen molar-refractivity contribution in [3.05, 3.63) is 28.6 Å². The van der Waals surface area contributed by atoms with E-state index in [1.807, 2.05) is 0 Å².